The van der Waals surface area contributed by atoms with Crippen LogP contribution in [0.1, 0.15) is 11.1 Å². The van der Waals surface area contributed by atoms with Gasteiger partial charge in [-0.15, -0.1) is 0 Å². The van der Waals surface area contributed by atoms with Crippen LogP contribution < -0.4 is 20.8 Å². The molecular formula is C26H22FN7O2. The monoisotopic (exact) mass is 483 g/mol. The maximum atomic E-state index is 13.6. The van der Waals surface area contributed by atoms with E-state index < -0.39 is 0 Å². The quantitative estimate of drug-likeness (QED) is 0.455. The van der Waals surface area contributed by atoms with E-state index in [1.54, 1.807) is 54.7 Å². The molecule has 0 bridgehead atoms. The molecule has 180 valence electrons. The van der Waals surface area contributed by atoms with Crippen molar-refractivity contribution in [3.8, 4) is 17.1 Å². The van der Waals surface area contributed by atoms with Crippen molar-refractivity contribution in [3.05, 3.63) is 81.8 Å². The van der Waals surface area contributed by atoms with Crippen molar-refractivity contribution >= 4 is 29.7 Å². The van der Waals surface area contributed by atoms with Gasteiger partial charge in [0.15, 0.2) is 5.88 Å². The summed E-state index contributed by atoms with van der Waals surface area (Å²) in [6.45, 7) is 0.480. The number of anilines is 1. The van der Waals surface area contributed by atoms with Gasteiger partial charge in [-0.2, -0.15) is 5.10 Å². The van der Waals surface area contributed by atoms with Gasteiger partial charge in [-0.05, 0) is 42.0 Å². The molecule has 1 amide bonds. The maximum Gasteiger partial charge on any atom is 0.250 e. The minimum atomic E-state index is -0.323. The highest BCUT2D eigenvalue weighted by atomic mass is 19.1. The van der Waals surface area contributed by atoms with Crippen LogP contribution in [0.25, 0.3) is 23.2 Å². The van der Waals surface area contributed by atoms with Crippen LogP contribution in [0.15, 0.2) is 58.9 Å². The molecule has 0 saturated heterocycles. The van der Waals surface area contributed by atoms with Crippen molar-refractivity contribution in [3.63, 3.8) is 0 Å². The smallest absolute Gasteiger partial charge is 0.250 e. The molecule has 0 spiro atoms. The third-order valence-electron chi connectivity index (χ3n) is 6.36. The van der Waals surface area contributed by atoms with Gasteiger partial charge in [-0.25, -0.2) is 14.4 Å². The van der Waals surface area contributed by atoms with E-state index in [2.05, 4.69) is 15.1 Å². The Morgan fingerprint density at radius 3 is 2.78 bits per heavy atom. The Morgan fingerprint density at radius 1 is 1.22 bits per heavy atom. The van der Waals surface area contributed by atoms with Crippen LogP contribution in [-0.4, -0.2) is 43.1 Å². The van der Waals surface area contributed by atoms with Gasteiger partial charge in [-0.1, -0.05) is 0 Å². The summed E-state index contributed by atoms with van der Waals surface area (Å²) in [5, 5.41) is 17.0. The van der Waals surface area contributed by atoms with Gasteiger partial charge in [0.05, 0.1) is 39.8 Å². The number of nitrogens with zero attached hydrogens (tertiary/aromatic N) is 6. The predicted octanol–water partition coefficient (Wildman–Crippen LogP) is 1.07. The van der Waals surface area contributed by atoms with Crippen LogP contribution in [0.2, 0.25) is 0 Å². The molecule has 2 aliphatic rings. The summed E-state index contributed by atoms with van der Waals surface area (Å²) in [6.07, 6.45) is 8.98. The molecule has 1 aromatic carbocycles. The number of benzene rings is 1. The highest BCUT2D eigenvalue weighted by Crippen LogP contribution is 2.30. The fraction of sp³-hybridized carbons (Fsp3) is 0.154. The summed E-state index contributed by atoms with van der Waals surface area (Å²) in [4.78, 5) is 27.0. The summed E-state index contributed by atoms with van der Waals surface area (Å²) in [6, 6.07) is 7.95. The van der Waals surface area contributed by atoms with Crippen LogP contribution in [0, 0.1) is 5.82 Å². The summed E-state index contributed by atoms with van der Waals surface area (Å²) in [5.41, 5.74) is 3.39. The van der Waals surface area contributed by atoms with Crippen LogP contribution in [-0.2, 0) is 25.3 Å². The second-order valence-electron chi connectivity index (χ2n) is 8.79. The molecule has 3 aromatic heterocycles. The molecule has 2 aliphatic heterocycles. The SMILES string of the molecule is Cn1cc(CC(=O)N=c2ccn(C)c3c2C=NC2=c4c-3c(O)[nH]c4=CCN2c2ccc(F)cc2)cn1. The number of amides is 1. The van der Waals surface area contributed by atoms with E-state index in [9.17, 15) is 14.3 Å². The largest absolute Gasteiger partial charge is 0.494 e. The number of fused-ring (bicyclic) bond motifs is 2. The third-order valence-corrected chi connectivity index (χ3v) is 6.36. The number of H-pyrrole nitrogens is 1. The molecule has 0 saturated carbocycles. The summed E-state index contributed by atoms with van der Waals surface area (Å²) in [5.74, 6) is -0.0347. The molecule has 10 heteroatoms. The number of hydrogen-bond acceptors (Lipinski definition) is 5. The zero-order valence-corrected chi connectivity index (χ0v) is 19.6. The average molecular weight is 484 g/mol. The number of rotatable bonds is 3. The minimum absolute atomic E-state index is 0.00380. The van der Waals surface area contributed by atoms with E-state index in [0.29, 0.717) is 34.5 Å². The van der Waals surface area contributed by atoms with Gasteiger partial charge >= 0.3 is 0 Å². The average Bonchev–Trinajstić information content (AvgIpc) is 3.34. The van der Waals surface area contributed by atoms with Crippen molar-refractivity contribution in [1.29, 1.82) is 0 Å². The van der Waals surface area contributed by atoms with Gasteiger partial charge < -0.3 is 19.6 Å². The standard InChI is InChI=1S/C26H22FN7O2/c1-32-9-7-19(30-21(35)11-15-12-29-33(2)14-15)18-13-28-25-22-20(31-26(36)23(22)24(18)32)8-10-34(25)17-5-3-16(27)4-6-17/h3-9,12-14,31,36H,10-11H2,1-2H3. The summed E-state index contributed by atoms with van der Waals surface area (Å²) in [7, 11) is 3.66. The molecule has 0 atom stereocenters. The molecule has 0 unspecified atom stereocenters. The Bertz CT molecular complexity index is 1760. The number of aromatic hydroxyl groups is 1. The molecule has 5 heterocycles. The Kier molecular flexibility index (Phi) is 4.96. The first-order valence-electron chi connectivity index (χ1n) is 11.4. The van der Waals surface area contributed by atoms with Crippen LogP contribution in [0.5, 0.6) is 5.88 Å². The first kappa shape index (κ1) is 21.8. The molecule has 0 radical (unpaired) electrons. The second-order valence-corrected chi connectivity index (χ2v) is 8.79. The number of aromatic nitrogens is 4. The summed E-state index contributed by atoms with van der Waals surface area (Å²) < 4.78 is 17.1. The van der Waals surface area contributed by atoms with Gasteiger partial charge in [0.2, 0.25) is 0 Å². The number of hydrogen-bond donors (Lipinski definition) is 2. The highest BCUT2D eigenvalue weighted by molar-refractivity contribution is 5.97. The Morgan fingerprint density at radius 2 is 2.03 bits per heavy atom. The van der Waals surface area contributed by atoms with E-state index in [4.69, 9.17) is 4.99 Å². The molecule has 2 N–H and O–H groups in total. The predicted molar refractivity (Wildman–Crippen MR) is 133 cm³/mol. The first-order chi connectivity index (χ1) is 17.4. The number of aliphatic imine (C=N–C) groups is 1. The topological polar surface area (TPSA) is 104 Å². The fourth-order valence-electron chi connectivity index (χ4n) is 4.74. The number of nitrogens with one attached hydrogen (secondary N) is 1. The number of halogens is 1. The molecule has 9 nitrogen and oxygen atoms in total. The van der Waals surface area contributed by atoms with Crippen LogP contribution >= 0.6 is 0 Å². The lowest BCUT2D eigenvalue weighted by Crippen LogP contribution is -2.39. The van der Waals surface area contributed by atoms with E-state index in [-0.39, 0.29) is 24.0 Å². The van der Waals surface area contributed by atoms with E-state index in [0.717, 1.165) is 21.8 Å². The zero-order valence-electron chi connectivity index (χ0n) is 19.6. The van der Waals surface area contributed by atoms with E-state index in [1.807, 2.05) is 22.6 Å². The van der Waals surface area contributed by atoms with Crippen molar-refractivity contribution in [2.24, 2.45) is 24.1 Å². The number of aryl methyl sites for hydroxylation is 2. The molecular weight excluding hydrogens is 461 g/mol. The molecule has 36 heavy (non-hydrogen) atoms. The Hall–Kier alpha value is -4.73. The lowest BCUT2D eigenvalue weighted by molar-refractivity contribution is -0.117. The maximum absolute atomic E-state index is 13.6. The van der Waals surface area contributed by atoms with Gasteiger partial charge in [0.25, 0.3) is 5.91 Å². The number of pyridine rings is 1. The van der Waals surface area contributed by atoms with E-state index in [1.165, 1.54) is 12.1 Å². The van der Waals surface area contributed by atoms with Crippen LogP contribution in [0.3, 0.4) is 0 Å². The van der Waals surface area contributed by atoms with E-state index >= 15 is 0 Å². The van der Waals surface area contributed by atoms with Crippen molar-refractivity contribution in [2.75, 3.05) is 11.4 Å². The number of carbonyl (C=O) groups is 1. The van der Waals surface area contributed by atoms with Crippen molar-refractivity contribution in [2.45, 2.75) is 6.42 Å². The summed E-state index contributed by atoms with van der Waals surface area (Å²) >= 11 is 0. The normalized spacial score (nSPS) is 14.4. The lowest BCUT2D eigenvalue weighted by Gasteiger charge is -2.25. The third kappa shape index (κ3) is 3.54. The minimum Gasteiger partial charge on any atom is -0.494 e. The highest BCUT2D eigenvalue weighted by Gasteiger charge is 2.26. The molecule has 0 aliphatic carbocycles. The van der Waals surface area contributed by atoms with Gasteiger partial charge in [0, 0.05) is 50.5 Å². The van der Waals surface area contributed by atoms with Crippen molar-refractivity contribution < 1.29 is 14.3 Å². The Balaban J connectivity index is 1.53. The second kappa shape index (κ2) is 8.19. The van der Waals surface area contributed by atoms with Crippen LogP contribution in [0.4, 0.5) is 10.1 Å². The van der Waals surface area contributed by atoms with Gasteiger partial charge in [0.1, 0.15) is 11.6 Å². The van der Waals surface area contributed by atoms with Gasteiger partial charge in [-0.3, -0.25) is 9.48 Å². The molecule has 6 rings (SSSR count). The Labute approximate surface area is 204 Å². The lowest BCUT2D eigenvalue weighted by atomic mass is 10.1. The molecule has 4 aromatic rings. The fourth-order valence-corrected chi connectivity index (χ4v) is 4.74. The number of aromatic amines is 1. The first-order valence-corrected chi connectivity index (χ1v) is 11.4. The molecule has 0 fully saturated rings. The zero-order chi connectivity index (χ0) is 25.0. The van der Waals surface area contributed by atoms with Crippen molar-refractivity contribution in [1.82, 2.24) is 19.3 Å². The number of carbonyl (C=O) groups excluding carboxylic acids is 1.